The lowest BCUT2D eigenvalue weighted by Gasteiger charge is -2.19. The van der Waals surface area contributed by atoms with Crippen molar-refractivity contribution in [2.24, 2.45) is 0 Å². The van der Waals surface area contributed by atoms with Crippen LogP contribution in [0.25, 0.3) is 22.2 Å². The lowest BCUT2D eigenvalue weighted by atomic mass is 10.2. The topological polar surface area (TPSA) is 128 Å². The second-order valence-electron chi connectivity index (χ2n) is 9.37. The number of carbonyl (C=O) groups excluding carboxylic acids is 1. The van der Waals surface area contributed by atoms with Gasteiger partial charge in [0.05, 0.1) is 17.1 Å². The fourth-order valence-electron chi connectivity index (χ4n) is 3.91. The highest BCUT2D eigenvalue weighted by atomic mass is 16.6. The predicted octanol–water partition coefficient (Wildman–Crippen LogP) is 2.79. The Morgan fingerprint density at radius 2 is 1.88 bits per heavy atom. The van der Waals surface area contributed by atoms with Crippen molar-refractivity contribution >= 4 is 28.3 Å². The summed E-state index contributed by atoms with van der Waals surface area (Å²) in [5.41, 5.74) is 0.335. The number of nitrogens with one attached hydrogen (secondary N) is 2. The van der Waals surface area contributed by atoms with Crippen molar-refractivity contribution in [2.75, 3.05) is 6.54 Å². The van der Waals surface area contributed by atoms with Crippen molar-refractivity contribution in [3.63, 3.8) is 0 Å². The summed E-state index contributed by atoms with van der Waals surface area (Å²) in [5, 5.41) is 2.54. The summed E-state index contributed by atoms with van der Waals surface area (Å²) in [7, 11) is 0. The van der Waals surface area contributed by atoms with Gasteiger partial charge < -0.3 is 14.8 Å². The third-order valence-corrected chi connectivity index (χ3v) is 5.48. The minimum atomic E-state index is -0.641. The van der Waals surface area contributed by atoms with Gasteiger partial charge in [0.1, 0.15) is 11.4 Å². The number of hydrogen-bond donors (Lipinski definition) is 2. The first-order chi connectivity index (χ1) is 15.6. The number of aryl methyl sites for hydroxylation is 1. The van der Waals surface area contributed by atoms with Gasteiger partial charge in [-0.05, 0) is 65.0 Å². The molecule has 10 heteroatoms. The quantitative estimate of drug-likeness (QED) is 0.566. The number of aromatic nitrogens is 4. The Balaban J connectivity index is 1.61. The first-order valence-electron chi connectivity index (χ1n) is 11.2. The highest BCUT2D eigenvalue weighted by Gasteiger charge is 2.19. The average Bonchev–Trinajstić information content (AvgIpc) is 3.22. The molecule has 2 N–H and O–H groups in total. The Morgan fingerprint density at radius 3 is 2.58 bits per heavy atom. The molecule has 0 unspecified atom stereocenters. The van der Waals surface area contributed by atoms with Crippen molar-refractivity contribution in [2.45, 2.75) is 71.6 Å². The van der Waals surface area contributed by atoms with E-state index in [0.29, 0.717) is 11.0 Å². The second-order valence-corrected chi connectivity index (χ2v) is 9.37. The number of nitrogens with zero attached hydrogens (tertiary/aromatic N) is 3. The molecule has 2 heterocycles. The number of benzene rings is 1. The lowest BCUT2D eigenvalue weighted by molar-refractivity contribution is 0.0525. The van der Waals surface area contributed by atoms with E-state index in [2.05, 4.69) is 20.3 Å². The summed E-state index contributed by atoms with van der Waals surface area (Å²) in [6.45, 7) is 7.20. The molecule has 0 saturated heterocycles. The molecule has 1 saturated carbocycles. The van der Waals surface area contributed by atoms with Crippen LogP contribution in [0.5, 0.6) is 5.75 Å². The van der Waals surface area contributed by atoms with E-state index < -0.39 is 22.9 Å². The predicted molar refractivity (Wildman–Crippen MR) is 124 cm³/mol. The Hall–Kier alpha value is -3.43. The molecular weight excluding hydrogens is 426 g/mol. The van der Waals surface area contributed by atoms with E-state index in [1.54, 1.807) is 20.8 Å². The van der Waals surface area contributed by atoms with E-state index in [1.165, 1.54) is 12.8 Å². The first-order valence-corrected chi connectivity index (χ1v) is 11.2. The number of alkyl carbamates (subject to hydrolysis) is 1. The number of amides is 1. The zero-order valence-corrected chi connectivity index (χ0v) is 19.4. The molecule has 0 bridgehead atoms. The van der Waals surface area contributed by atoms with Gasteiger partial charge in [-0.2, -0.15) is 0 Å². The van der Waals surface area contributed by atoms with E-state index in [1.807, 2.05) is 19.1 Å². The minimum absolute atomic E-state index is 0.0315. The molecule has 1 fully saturated rings. The summed E-state index contributed by atoms with van der Waals surface area (Å²) in [6, 6.07) is 3.65. The molecule has 1 aromatic carbocycles. The van der Waals surface area contributed by atoms with Crippen LogP contribution in [-0.2, 0) is 11.3 Å². The molecule has 176 valence electrons. The SMILES string of the molecule is Cc1cc2nc3c(=O)n(CCNC(=O)OC(C)(C)C)c(=O)[nH]c3nc2cc1OC1CCCC1. The fraction of sp³-hybridized carbons (Fsp3) is 0.522. The van der Waals surface area contributed by atoms with Crippen LogP contribution in [0.15, 0.2) is 21.7 Å². The lowest BCUT2D eigenvalue weighted by Crippen LogP contribution is -2.40. The third kappa shape index (κ3) is 5.15. The van der Waals surface area contributed by atoms with Gasteiger partial charge in [0.25, 0.3) is 5.56 Å². The van der Waals surface area contributed by atoms with Gasteiger partial charge in [0, 0.05) is 19.2 Å². The highest BCUT2D eigenvalue weighted by Crippen LogP contribution is 2.29. The molecule has 3 aromatic rings. The van der Waals surface area contributed by atoms with E-state index in [-0.39, 0.29) is 30.4 Å². The molecule has 1 aliphatic carbocycles. The zero-order chi connectivity index (χ0) is 23.8. The van der Waals surface area contributed by atoms with E-state index in [4.69, 9.17) is 9.47 Å². The number of H-pyrrole nitrogens is 1. The van der Waals surface area contributed by atoms with Gasteiger partial charge in [-0.25, -0.2) is 19.6 Å². The molecule has 0 aliphatic heterocycles. The molecule has 0 atom stereocenters. The first kappa shape index (κ1) is 22.8. The van der Waals surface area contributed by atoms with Crippen molar-refractivity contribution in [3.8, 4) is 5.75 Å². The average molecular weight is 456 g/mol. The number of rotatable bonds is 5. The van der Waals surface area contributed by atoms with E-state index in [9.17, 15) is 14.4 Å². The van der Waals surface area contributed by atoms with Crippen LogP contribution >= 0.6 is 0 Å². The van der Waals surface area contributed by atoms with E-state index >= 15 is 0 Å². The van der Waals surface area contributed by atoms with Crippen molar-refractivity contribution < 1.29 is 14.3 Å². The maximum Gasteiger partial charge on any atom is 0.407 e. The van der Waals surface area contributed by atoms with Crippen LogP contribution in [0.1, 0.15) is 52.0 Å². The summed E-state index contributed by atoms with van der Waals surface area (Å²) in [6.07, 6.45) is 4.00. The summed E-state index contributed by atoms with van der Waals surface area (Å²) in [4.78, 5) is 48.8. The Bertz CT molecular complexity index is 1320. The smallest absolute Gasteiger partial charge is 0.407 e. The zero-order valence-electron chi connectivity index (χ0n) is 19.4. The van der Waals surface area contributed by atoms with Crippen molar-refractivity contribution in [3.05, 3.63) is 38.5 Å². The van der Waals surface area contributed by atoms with Crippen LogP contribution in [0, 0.1) is 6.92 Å². The van der Waals surface area contributed by atoms with Crippen molar-refractivity contribution in [1.82, 2.24) is 24.8 Å². The number of aromatic amines is 1. The Labute approximate surface area is 190 Å². The normalized spacial score (nSPS) is 14.7. The van der Waals surface area contributed by atoms with Gasteiger partial charge in [0.15, 0.2) is 11.2 Å². The molecule has 2 aromatic heterocycles. The molecule has 10 nitrogen and oxygen atoms in total. The van der Waals surface area contributed by atoms with E-state index in [0.717, 1.165) is 28.7 Å². The van der Waals surface area contributed by atoms with Gasteiger partial charge in [-0.1, -0.05) is 0 Å². The van der Waals surface area contributed by atoms with Gasteiger partial charge in [-0.3, -0.25) is 14.3 Å². The Kier molecular flexibility index (Phi) is 6.09. The van der Waals surface area contributed by atoms with Crippen LogP contribution in [0.3, 0.4) is 0 Å². The van der Waals surface area contributed by atoms with Crippen LogP contribution in [-0.4, -0.2) is 43.9 Å². The molecule has 1 aliphatic rings. The van der Waals surface area contributed by atoms with Gasteiger partial charge in [0.2, 0.25) is 0 Å². The number of fused-ring (bicyclic) bond motifs is 2. The standard InChI is InChI=1S/C23H29N5O5/c1-13-11-15-16(12-17(13)32-14-7-5-6-8-14)26-19-18(25-15)20(29)28(21(30)27-19)10-9-24-22(31)33-23(2,3)4/h11-12,14H,5-10H2,1-4H3,(H,24,31)(H,26,27,30). The van der Waals surface area contributed by atoms with Gasteiger partial charge in [-0.15, -0.1) is 0 Å². The van der Waals surface area contributed by atoms with Crippen LogP contribution < -0.4 is 21.3 Å². The molecule has 1 amide bonds. The highest BCUT2D eigenvalue weighted by molar-refractivity contribution is 5.85. The maximum atomic E-state index is 13.0. The maximum absolute atomic E-state index is 13.0. The summed E-state index contributed by atoms with van der Waals surface area (Å²) < 4.78 is 12.3. The van der Waals surface area contributed by atoms with Crippen molar-refractivity contribution in [1.29, 1.82) is 0 Å². The molecule has 33 heavy (non-hydrogen) atoms. The fourth-order valence-corrected chi connectivity index (χ4v) is 3.91. The number of carbonyl (C=O) groups is 1. The molecule has 0 spiro atoms. The molecular formula is C23H29N5O5. The minimum Gasteiger partial charge on any atom is -0.490 e. The molecule has 0 radical (unpaired) electrons. The monoisotopic (exact) mass is 455 g/mol. The largest absolute Gasteiger partial charge is 0.490 e. The molecule has 4 rings (SSSR count). The van der Waals surface area contributed by atoms with Gasteiger partial charge >= 0.3 is 11.8 Å². The summed E-state index contributed by atoms with van der Waals surface area (Å²) in [5.74, 6) is 0.743. The Morgan fingerprint density at radius 1 is 1.18 bits per heavy atom. The number of hydrogen-bond acceptors (Lipinski definition) is 7. The summed E-state index contributed by atoms with van der Waals surface area (Å²) >= 11 is 0. The third-order valence-electron chi connectivity index (χ3n) is 5.48. The number of ether oxygens (including phenoxy) is 2. The van der Waals surface area contributed by atoms with Crippen LogP contribution in [0.4, 0.5) is 4.79 Å². The van der Waals surface area contributed by atoms with Crippen LogP contribution in [0.2, 0.25) is 0 Å². The second kappa shape index (κ2) is 8.84.